The average Bonchev–Trinajstić information content (AvgIpc) is 2.72. The van der Waals surface area contributed by atoms with E-state index in [0.29, 0.717) is 41.5 Å². The number of amides is 2. The number of ether oxygens (including phenoxy) is 3. The van der Waals surface area contributed by atoms with E-state index >= 15 is 0 Å². The van der Waals surface area contributed by atoms with Crippen LogP contribution in [0.2, 0.25) is 0 Å². The summed E-state index contributed by atoms with van der Waals surface area (Å²) >= 11 is 0. The Bertz CT molecular complexity index is 895. The summed E-state index contributed by atoms with van der Waals surface area (Å²) in [5, 5.41) is 5.31. The molecule has 2 aromatic carbocycles. The molecule has 0 saturated heterocycles. The largest absolute Gasteiger partial charge is 0.496 e. The van der Waals surface area contributed by atoms with E-state index in [0.717, 1.165) is 0 Å². The summed E-state index contributed by atoms with van der Waals surface area (Å²) in [5.41, 5.74) is 2.14. The van der Waals surface area contributed by atoms with E-state index in [2.05, 4.69) is 10.6 Å². The van der Waals surface area contributed by atoms with E-state index in [9.17, 15) is 14.4 Å². The van der Waals surface area contributed by atoms with Crippen molar-refractivity contribution in [2.45, 2.75) is 33.5 Å². The lowest BCUT2D eigenvalue weighted by atomic mass is 10.1. The molecule has 0 unspecified atom stereocenters. The molecular formula is C22H26N2O6. The molecule has 0 spiro atoms. The van der Waals surface area contributed by atoms with Crippen LogP contribution in [0.3, 0.4) is 0 Å². The zero-order valence-corrected chi connectivity index (χ0v) is 17.5. The highest BCUT2D eigenvalue weighted by atomic mass is 16.5. The van der Waals surface area contributed by atoms with Crippen LogP contribution >= 0.6 is 0 Å². The van der Waals surface area contributed by atoms with Crippen LogP contribution < -0.4 is 15.4 Å². The molecule has 2 aromatic rings. The summed E-state index contributed by atoms with van der Waals surface area (Å²) in [6.45, 7) is 5.60. The van der Waals surface area contributed by atoms with Gasteiger partial charge in [0.25, 0.3) is 5.91 Å². The fourth-order valence-corrected chi connectivity index (χ4v) is 2.60. The Morgan fingerprint density at radius 3 is 2.20 bits per heavy atom. The molecule has 2 N–H and O–H groups in total. The van der Waals surface area contributed by atoms with Crippen LogP contribution in [0.25, 0.3) is 0 Å². The average molecular weight is 414 g/mol. The number of carbonyl (C=O) groups excluding carboxylic acids is 3. The van der Waals surface area contributed by atoms with Gasteiger partial charge in [-0.05, 0) is 56.3 Å². The summed E-state index contributed by atoms with van der Waals surface area (Å²) in [7, 11) is 1.54. The highest BCUT2D eigenvalue weighted by Gasteiger charge is 2.20. The van der Waals surface area contributed by atoms with Gasteiger partial charge in [0.05, 0.1) is 19.3 Å². The van der Waals surface area contributed by atoms with E-state index < -0.39 is 18.0 Å². The van der Waals surface area contributed by atoms with Crippen LogP contribution in [0.15, 0.2) is 42.5 Å². The predicted octanol–water partition coefficient (Wildman–Crippen LogP) is 3.37. The number of hydrogen-bond donors (Lipinski definition) is 2. The molecule has 0 aromatic heterocycles. The van der Waals surface area contributed by atoms with Crippen LogP contribution in [0.5, 0.6) is 5.75 Å². The highest BCUT2D eigenvalue weighted by Crippen LogP contribution is 2.22. The molecule has 0 fully saturated rings. The first-order chi connectivity index (χ1) is 14.3. The standard InChI is InChI=1S/C22H26N2O6/c1-5-29-13-17-12-16(6-11-20(17)28-4)22(27)30-14(2)21(26)24-19-9-7-18(8-10-19)23-15(3)25/h6-12,14H,5,13H2,1-4H3,(H,23,25)(H,24,26)/t14-/m1/s1. The third-order valence-corrected chi connectivity index (χ3v) is 4.10. The van der Waals surface area contributed by atoms with Gasteiger partial charge in [-0.25, -0.2) is 4.79 Å². The zero-order valence-electron chi connectivity index (χ0n) is 17.5. The molecule has 2 rings (SSSR count). The first kappa shape index (κ1) is 22.9. The Morgan fingerprint density at radius 1 is 1.00 bits per heavy atom. The van der Waals surface area contributed by atoms with Crippen molar-refractivity contribution in [1.82, 2.24) is 0 Å². The third kappa shape index (κ3) is 6.59. The van der Waals surface area contributed by atoms with Crippen molar-refractivity contribution < 1.29 is 28.6 Å². The van der Waals surface area contributed by atoms with E-state index in [1.807, 2.05) is 6.92 Å². The van der Waals surface area contributed by atoms with Crippen molar-refractivity contribution in [1.29, 1.82) is 0 Å². The van der Waals surface area contributed by atoms with Gasteiger partial charge in [0.1, 0.15) is 5.75 Å². The van der Waals surface area contributed by atoms with Crippen LogP contribution in [-0.2, 0) is 25.7 Å². The Kier molecular flexibility index (Phi) is 8.37. The molecule has 8 nitrogen and oxygen atoms in total. The lowest BCUT2D eigenvalue weighted by Crippen LogP contribution is -2.30. The number of rotatable bonds is 9. The van der Waals surface area contributed by atoms with Gasteiger partial charge in [-0.15, -0.1) is 0 Å². The Labute approximate surface area is 175 Å². The molecule has 1 atom stereocenters. The lowest BCUT2D eigenvalue weighted by Gasteiger charge is -2.15. The number of benzene rings is 2. The van der Waals surface area contributed by atoms with Crippen molar-refractivity contribution >= 4 is 29.2 Å². The van der Waals surface area contributed by atoms with Gasteiger partial charge in [0, 0.05) is 30.5 Å². The number of hydrogen-bond acceptors (Lipinski definition) is 6. The SMILES string of the molecule is CCOCc1cc(C(=O)O[C@H](C)C(=O)Nc2ccc(NC(C)=O)cc2)ccc1OC. The summed E-state index contributed by atoms with van der Waals surface area (Å²) in [6, 6.07) is 11.5. The van der Waals surface area contributed by atoms with E-state index in [1.54, 1.807) is 42.5 Å². The number of nitrogens with one attached hydrogen (secondary N) is 2. The molecule has 0 heterocycles. The zero-order chi connectivity index (χ0) is 22.1. The minimum atomic E-state index is -1.01. The molecule has 160 valence electrons. The number of methoxy groups -OCH3 is 1. The van der Waals surface area contributed by atoms with Crippen LogP contribution in [0.1, 0.15) is 36.7 Å². The topological polar surface area (TPSA) is 103 Å². The van der Waals surface area contributed by atoms with E-state index in [4.69, 9.17) is 14.2 Å². The Balaban J connectivity index is 1.99. The number of anilines is 2. The quantitative estimate of drug-likeness (QED) is 0.610. The molecule has 0 aliphatic heterocycles. The van der Waals surface area contributed by atoms with Crippen LogP contribution in [0, 0.1) is 0 Å². The maximum absolute atomic E-state index is 12.5. The van der Waals surface area contributed by atoms with Crippen molar-refractivity contribution in [2.24, 2.45) is 0 Å². The second-order valence-corrected chi connectivity index (χ2v) is 6.46. The minimum Gasteiger partial charge on any atom is -0.496 e. The smallest absolute Gasteiger partial charge is 0.338 e. The van der Waals surface area contributed by atoms with Gasteiger partial charge < -0.3 is 24.8 Å². The first-order valence-corrected chi connectivity index (χ1v) is 9.48. The molecule has 0 bridgehead atoms. The molecule has 0 radical (unpaired) electrons. The molecule has 0 aliphatic carbocycles. The maximum Gasteiger partial charge on any atom is 0.338 e. The third-order valence-electron chi connectivity index (χ3n) is 4.10. The summed E-state index contributed by atoms with van der Waals surface area (Å²) in [6.07, 6.45) is -1.01. The molecular weight excluding hydrogens is 388 g/mol. The summed E-state index contributed by atoms with van der Waals surface area (Å²) in [4.78, 5) is 35.9. The molecule has 2 amide bonds. The monoisotopic (exact) mass is 414 g/mol. The van der Waals surface area contributed by atoms with Crippen LogP contribution in [-0.4, -0.2) is 37.6 Å². The van der Waals surface area contributed by atoms with Gasteiger partial charge >= 0.3 is 5.97 Å². The fraction of sp³-hybridized carbons (Fsp3) is 0.318. The van der Waals surface area contributed by atoms with Crippen molar-refractivity contribution in [3.63, 3.8) is 0 Å². The van der Waals surface area contributed by atoms with Crippen molar-refractivity contribution in [3.8, 4) is 5.75 Å². The fourth-order valence-electron chi connectivity index (χ4n) is 2.60. The maximum atomic E-state index is 12.5. The van der Waals surface area contributed by atoms with Gasteiger partial charge in [-0.1, -0.05) is 0 Å². The molecule has 0 aliphatic rings. The molecule has 30 heavy (non-hydrogen) atoms. The normalized spacial score (nSPS) is 11.3. The van der Waals surface area contributed by atoms with Crippen LogP contribution in [0.4, 0.5) is 11.4 Å². The second-order valence-electron chi connectivity index (χ2n) is 6.46. The molecule has 0 saturated carbocycles. The molecule has 8 heteroatoms. The van der Waals surface area contributed by atoms with Gasteiger partial charge in [0.15, 0.2) is 6.10 Å². The predicted molar refractivity (Wildman–Crippen MR) is 113 cm³/mol. The van der Waals surface area contributed by atoms with Gasteiger partial charge in [-0.2, -0.15) is 0 Å². The van der Waals surface area contributed by atoms with Crippen molar-refractivity contribution in [2.75, 3.05) is 24.4 Å². The number of carbonyl (C=O) groups is 3. The summed E-state index contributed by atoms with van der Waals surface area (Å²) < 4.78 is 16.0. The lowest BCUT2D eigenvalue weighted by molar-refractivity contribution is -0.123. The summed E-state index contributed by atoms with van der Waals surface area (Å²) in [5.74, 6) is -0.679. The van der Waals surface area contributed by atoms with Crippen molar-refractivity contribution in [3.05, 3.63) is 53.6 Å². The Hall–Kier alpha value is -3.39. The van der Waals surface area contributed by atoms with Gasteiger partial charge in [0.2, 0.25) is 5.91 Å². The minimum absolute atomic E-state index is 0.185. The van der Waals surface area contributed by atoms with Gasteiger partial charge in [-0.3, -0.25) is 9.59 Å². The number of esters is 1. The highest BCUT2D eigenvalue weighted by molar-refractivity contribution is 5.97. The first-order valence-electron chi connectivity index (χ1n) is 9.48. The second kappa shape index (κ2) is 11.0. The van der Waals surface area contributed by atoms with E-state index in [-0.39, 0.29) is 5.91 Å². The Morgan fingerprint density at radius 2 is 1.63 bits per heavy atom. The van der Waals surface area contributed by atoms with E-state index in [1.165, 1.54) is 21.0 Å².